The molecule has 0 saturated heterocycles. The van der Waals surface area contributed by atoms with Crippen molar-refractivity contribution in [3.05, 3.63) is 34.9 Å². The Bertz CT molecular complexity index is 1130. The molecule has 2 aromatic carbocycles. The van der Waals surface area contributed by atoms with Gasteiger partial charge in [-0.05, 0) is 11.5 Å². The fraction of sp³-hybridized carbons (Fsp3) is 0. The number of hydrogen-bond acceptors (Lipinski definition) is 7. The molecule has 0 aliphatic rings. The second kappa shape index (κ2) is 5.82. The molecular weight excluding hydrogens is 344 g/mol. The van der Waals surface area contributed by atoms with Crippen LogP contribution in [0.25, 0.3) is 21.5 Å². The fourth-order valence-corrected chi connectivity index (χ4v) is 3.03. The van der Waals surface area contributed by atoms with Crippen LogP contribution >= 0.6 is 0 Å². The number of benzene rings is 2. The molecule has 0 aliphatic carbocycles. The van der Waals surface area contributed by atoms with Crippen LogP contribution in [0.4, 0.5) is 0 Å². The van der Waals surface area contributed by atoms with E-state index in [9.17, 15) is 24.9 Å². The second-order valence-electron chi connectivity index (χ2n) is 5.29. The zero-order valence-electron chi connectivity index (χ0n) is 12.9. The summed E-state index contributed by atoms with van der Waals surface area (Å²) in [6.45, 7) is 0. The number of aromatic carboxylic acids is 1. The number of nitrogens with one attached hydrogen (secondary N) is 4. The Hall–Kier alpha value is -3.99. The number of H-pyrrole nitrogens is 1. The molecule has 26 heavy (non-hydrogen) atoms. The van der Waals surface area contributed by atoms with E-state index in [1.165, 1.54) is 18.2 Å². The Morgan fingerprint density at radius 1 is 1.12 bits per heavy atom. The van der Waals surface area contributed by atoms with Crippen LogP contribution in [-0.2, 0) is 0 Å². The predicted molar refractivity (Wildman–Crippen MR) is 89.7 cm³/mol. The number of nitrogens with zero attached hydrogens (tertiary/aromatic N) is 1. The van der Waals surface area contributed by atoms with Gasteiger partial charge in [0.25, 0.3) is 5.91 Å². The number of carbonyl (C=O) groups is 2. The van der Waals surface area contributed by atoms with Crippen molar-refractivity contribution in [2.75, 3.05) is 0 Å². The monoisotopic (exact) mass is 356 g/mol. The number of carboxylic acids is 1. The van der Waals surface area contributed by atoms with Gasteiger partial charge in [-0.25, -0.2) is 16.2 Å². The number of aromatic nitrogens is 1. The molecule has 11 nitrogen and oxygen atoms in total. The van der Waals surface area contributed by atoms with Gasteiger partial charge in [0.15, 0.2) is 17.6 Å². The topological polar surface area (TPSA) is 209 Å². The van der Waals surface area contributed by atoms with Crippen LogP contribution in [0.2, 0.25) is 0 Å². The number of nitrogen functional groups attached to an aromatic ring is 1. The summed E-state index contributed by atoms with van der Waals surface area (Å²) in [6.07, 6.45) is 0. The number of fused-ring (bicyclic) bond motifs is 3. The van der Waals surface area contributed by atoms with Crippen LogP contribution in [0.15, 0.2) is 23.3 Å². The van der Waals surface area contributed by atoms with Crippen LogP contribution in [-0.4, -0.2) is 38.0 Å². The molecule has 0 unspecified atom stereocenters. The van der Waals surface area contributed by atoms with Crippen molar-refractivity contribution in [3.8, 4) is 11.8 Å². The SMILES string of the molecule is N=NC(=N)c1c(C(=O)NN)c2c(O)[nH]c(O)c2c2c(C(=O)O)cccc12. The third-order valence-corrected chi connectivity index (χ3v) is 3.98. The van der Waals surface area contributed by atoms with E-state index in [0.717, 1.165) is 0 Å². The van der Waals surface area contributed by atoms with Crippen LogP contribution in [0.5, 0.6) is 11.8 Å². The summed E-state index contributed by atoms with van der Waals surface area (Å²) in [5.74, 6) is 1.09. The largest absolute Gasteiger partial charge is 0.494 e. The van der Waals surface area contributed by atoms with Crippen molar-refractivity contribution < 1.29 is 24.9 Å². The Kier molecular flexibility index (Phi) is 3.77. The van der Waals surface area contributed by atoms with Crippen molar-refractivity contribution in [3.63, 3.8) is 0 Å². The number of amidine groups is 1. The Morgan fingerprint density at radius 3 is 2.35 bits per heavy atom. The first-order chi connectivity index (χ1) is 12.3. The lowest BCUT2D eigenvalue weighted by Crippen LogP contribution is -2.31. The van der Waals surface area contributed by atoms with Crippen LogP contribution in [0.1, 0.15) is 26.3 Å². The molecule has 1 aromatic heterocycles. The third kappa shape index (κ3) is 2.15. The number of rotatable bonds is 3. The van der Waals surface area contributed by atoms with E-state index in [0.29, 0.717) is 0 Å². The number of aromatic hydroxyl groups is 2. The average molecular weight is 356 g/mol. The van der Waals surface area contributed by atoms with Gasteiger partial charge in [-0.15, -0.1) is 5.11 Å². The Morgan fingerprint density at radius 2 is 1.77 bits per heavy atom. The zero-order valence-corrected chi connectivity index (χ0v) is 12.9. The molecule has 0 fully saturated rings. The molecule has 1 amide bonds. The van der Waals surface area contributed by atoms with Gasteiger partial charge in [0, 0.05) is 10.9 Å². The Balaban J connectivity index is 2.77. The molecule has 3 aromatic rings. The molecule has 11 heteroatoms. The van der Waals surface area contributed by atoms with E-state index in [1.807, 2.05) is 5.43 Å². The van der Waals surface area contributed by atoms with Crippen LogP contribution in [0, 0.1) is 10.9 Å². The fourth-order valence-electron chi connectivity index (χ4n) is 3.03. The highest BCUT2D eigenvalue weighted by molar-refractivity contribution is 6.31. The maximum Gasteiger partial charge on any atom is 0.336 e. The Labute approximate surface area is 144 Å². The molecule has 0 atom stereocenters. The average Bonchev–Trinajstić information content (AvgIpc) is 2.92. The smallest absolute Gasteiger partial charge is 0.336 e. The van der Waals surface area contributed by atoms with Crippen molar-refractivity contribution >= 4 is 39.3 Å². The summed E-state index contributed by atoms with van der Waals surface area (Å²) in [5.41, 5.74) is 8.22. The lowest BCUT2D eigenvalue weighted by molar-refractivity contribution is 0.0699. The molecular formula is C15H12N6O5. The molecule has 1 heterocycles. The van der Waals surface area contributed by atoms with Gasteiger partial charge in [0.1, 0.15) is 0 Å². The molecule has 0 aliphatic heterocycles. The number of amides is 1. The van der Waals surface area contributed by atoms with Crippen molar-refractivity contribution in [1.82, 2.24) is 10.4 Å². The predicted octanol–water partition coefficient (Wildman–Crippen LogP) is 1.39. The lowest BCUT2D eigenvalue weighted by atomic mass is 9.90. The molecule has 0 bridgehead atoms. The quantitative estimate of drug-likeness (QED) is 0.0867. The molecule has 0 spiro atoms. The number of nitrogens with two attached hydrogens (primary N) is 1. The summed E-state index contributed by atoms with van der Waals surface area (Å²) in [7, 11) is 0. The number of aromatic amines is 1. The highest BCUT2D eigenvalue weighted by atomic mass is 16.4. The van der Waals surface area contributed by atoms with E-state index in [4.69, 9.17) is 16.8 Å². The molecule has 9 N–H and O–H groups in total. The van der Waals surface area contributed by atoms with Gasteiger partial charge in [0.05, 0.1) is 21.9 Å². The number of carbonyl (C=O) groups excluding carboxylic acids is 1. The molecule has 0 radical (unpaired) electrons. The van der Waals surface area contributed by atoms with E-state index in [-0.39, 0.29) is 38.2 Å². The van der Waals surface area contributed by atoms with Gasteiger partial charge in [-0.1, -0.05) is 12.1 Å². The van der Waals surface area contributed by atoms with Gasteiger partial charge in [-0.3, -0.25) is 20.6 Å². The van der Waals surface area contributed by atoms with E-state index in [2.05, 4.69) is 10.1 Å². The first kappa shape index (κ1) is 16.9. The summed E-state index contributed by atoms with van der Waals surface area (Å²) in [4.78, 5) is 26.2. The van der Waals surface area contributed by atoms with Gasteiger partial charge in [0.2, 0.25) is 0 Å². The van der Waals surface area contributed by atoms with Gasteiger partial charge >= 0.3 is 5.97 Å². The zero-order chi connectivity index (χ0) is 19.2. The minimum atomic E-state index is -1.33. The third-order valence-electron chi connectivity index (χ3n) is 3.98. The summed E-state index contributed by atoms with van der Waals surface area (Å²) >= 11 is 0. The minimum absolute atomic E-state index is 0.0268. The number of carboxylic acid groups (broad SMARTS) is 1. The van der Waals surface area contributed by atoms with Crippen molar-refractivity contribution in [1.29, 1.82) is 10.9 Å². The van der Waals surface area contributed by atoms with Crippen molar-refractivity contribution in [2.24, 2.45) is 11.0 Å². The molecule has 0 saturated carbocycles. The summed E-state index contributed by atoms with van der Waals surface area (Å²) in [6, 6.07) is 4.06. The molecule has 3 rings (SSSR count). The number of hydrazine groups is 1. The maximum atomic E-state index is 12.3. The normalized spacial score (nSPS) is 10.8. The first-order valence-electron chi connectivity index (χ1n) is 7.06. The second-order valence-corrected chi connectivity index (χ2v) is 5.29. The number of hydrogen-bond donors (Lipinski definition) is 8. The van der Waals surface area contributed by atoms with E-state index >= 15 is 0 Å². The molecule has 132 valence electrons. The summed E-state index contributed by atoms with van der Waals surface area (Å²) in [5, 5.41) is 40.4. The highest BCUT2D eigenvalue weighted by Crippen LogP contribution is 2.43. The van der Waals surface area contributed by atoms with Gasteiger partial charge in [-0.2, -0.15) is 0 Å². The first-order valence-corrected chi connectivity index (χ1v) is 7.06. The maximum absolute atomic E-state index is 12.3. The van der Waals surface area contributed by atoms with Crippen molar-refractivity contribution in [2.45, 2.75) is 0 Å². The minimum Gasteiger partial charge on any atom is -0.494 e. The standard InChI is InChI=1S/C15H12N6O5/c16-11(20-17)7-4-2-1-3-5(15(25)26)6(4)8-10(9(7)14(24)21-18)13(23)19-12(8)22/h1-3,16-17,19,22-23H,18H2,(H,21,24)(H,25,26). The lowest BCUT2D eigenvalue weighted by Gasteiger charge is -2.14. The van der Waals surface area contributed by atoms with Crippen LogP contribution in [0.3, 0.4) is 0 Å². The van der Waals surface area contributed by atoms with E-state index in [1.54, 1.807) is 0 Å². The highest BCUT2D eigenvalue weighted by Gasteiger charge is 2.29. The van der Waals surface area contributed by atoms with Gasteiger partial charge < -0.3 is 15.3 Å². The van der Waals surface area contributed by atoms with E-state index < -0.39 is 29.5 Å². The summed E-state index contributed by atoms with van der Waals surface area (Å²) < 4.78 is 0. The van der Waals surface area contributed by atoms with Crippen LogP contribution < -0.4 is 11.3 Å².